The van der Waals surface area contributed by atoms with E-state index >= 15 is 0 Å². The minimum Gasteiger partial charge on any atom is -0.490 e. The van der Waals surface area contributed by atoms with E-state index in [4.69, 9.17) is 14.6 Å². The molecule has 2 aromatic carbocycles. The Bertz CT molecular complexity index is 1440. The number of rotatable bonds is 8. The Morgan fingerprint density at radius 3 is 2.50 bits per heavy atom. The van der Waals surface area contributed by atoms with Crippen LogP contribution in [0.4, 0.5) is 5.69 Å². The summed E-state index contributed by atoms with van der Waals surface area (Å²) < 4.78 is 15.5. The lowest BCUT2D eigenvalue weighted by Crippen LogP contribution is -2.47. The maximum Gasteiger partial charge on any atom is 0.235 e. The SMILES string of the molecule is Cc1cc(OC2CCC(OCCN3CCN(c4cccc5c(C6CCC(=O)NC6=O)nn(C)c45)CC3)CC2)ccc1Br. The highest BCUT2D eigenvalue weighted by Crippen LogP contribution is 2.35. The predicted octanol–water partition coefficient (Wildman–Crippen LogP) is 4.69. The Morgan fingerprint density at radius 2 is 1.76 bits per heavy atom. The van der Waals surface area contributed by atoms with E-state index in [1.165, 1.54) is 5.56 Å². The van der Waals surface area contributed by atoms with Crippen LogP contribution < -0.4 is 15.0 Å². The fourth-order valence-electron chi connectivity index (χ4n) is 6.57. The molecule has 1 saturated carbocycles. The van der Waals surface area contributed by atoms with Crippen molar-refractivity contribution in [1.82, 2.24) is 20.0 Å². The van der Waals surface area contributed by atoms with Crippen LogP contribution in [0.15, 0.2) is 40.9 Å². The number of aryl methyl sites for hydroxylation is 2. The molecule has 2 aliphatic heterocycles. The van der Waals surface area contributed by atoms with E-state index in [0.717, 1.165) is 97.5 Å². The van der Waals surface area contributed by atoms with Crippen LogP contribution in [0.25, 0.3) is 10.9 Å². The third-order valence-electron chi connectivity index (χ3n) is 8.97. The van der Waals surface area contributed by atoms with Gasteiger partial charge >= 0.3 is 0 Å². The molecular weight excluding hydrogens is 598 g/mol. The van der Waals surface area contributed by atoms with E-state index in [1.54, 1.807) is 0 Å². The van der Waals surface area contributed by atoms with Crippen molar-refractivity contribution >= 4 is 44.3 Å². The standard InChI is InChI=1S/C32H40BrN5O4/c1-21-20-24(10-12-27(21)33)42-23-8-6-22(7-9-23)41-19-18-37-14-16-38(17-15-37)28-5-3-4-25-30(35-36(2)31(25)28)26-11-13-29(39)34-32(26)40/h3-5,10,12,20,22-23,26H,6-9,11,13-19H2,1-2H3,(H,34,39,40). The van der Waals surface area contributed by atoms with E-state index in [9.17, 15) is 9.59 Å². The molecule has 3 aromatic rings. The average molecular weight is 639 g/mol. The predicted molar refractivity (Wildman–Crippen MR) is 166 cm³/mol. The minimum absolute atomic E-state index is 0.204. The van der Waals surface area contributed by atoms with Gasteiger partial charge in [0, 0.05) is 56.1 Å². The molecule has 6 rings (SSSR count). The van der Waals surface area contributed by atoms with Crippen molar-refractivity contribution in [3.63, 3.8) is 0 Å². The lowest BCUT2D eigenvalue weighted by molar-refractivity contribution is -0.134. The highest BCUT2D eigenvalue weighted by atomic mass is 79.9. The van der Waals surface area contributed by atoms with Crippen molar-refractivity contribution in [2.24, 2.45) is 7.05 Å². The first kappa shape index (κ1) is 29.1. The fourth-order valence-corrected chi connectivity index (χ4v) is 6.82. The van der Waals surface area contributed by atoms with Crippen LogP contribution in [0.2, 0.25) is 0 Å². The zero-order valence-electron chi connectivity index (χ0n) is 24.5. The van der Waals surface area contributed by atoms with Crippen LogP contribution in [0.1, 0.15) is 55.7 Å². The van der Waals surface area contributed by atoms with Gasteiger partial charge in [0.25, 0.3) is 0 Å². The largest absolute Gasteiger partial charge is 0.490 e. The molecule has 2 amide bonds. The third-order valence-corrected chi connectivity index (χ3v) is 9.86. The number of aromatic nitrogens is 2. The van der Waals surface area contributed by atoms with Crippen LogP contribution in [0.3, 0.4) is 0 Å². The summed E-state index contributed by atoms with van der Waals surface area (Å²) in [5.41, 5.74) is 4.15. The molecule has 10 heteroatoms. The molecule has 9 nitrogen and oxygen atoms in total. The number of ether oxygens (including phenoxy) is 2. The van der Waals surface area contributed by atoms with Crippen molar-refractivity contribution in [3.05, 3.63) is 52.1 Å². The number of benzene rings is 2. The molecule has 0 spiro atoms. The van der Waals surface area contributed by atoms with Crippen LogP contribution in [0.5, 0.6) is 5.75 Å². The summed E-state index contributed by atoms with van der Waals surface area (Å²) in [6.45, 7) is 7.60. The Kier molecular flexibility index (Phi) is 8.83. The number of piperidine rings is 1. The molecule has 1 N–H and O–H groups in total. The zero-order valence-corrected chi connectivity index (χ0v) is 26.1. The molecule has 224 valence electrons. The highest BCUT2D eigenvalue weighted by molar-refractivity contribution is 9.10. The maximum absolute atomic E-state index is 12.6. The summed E-state index contributed by atoms with van der Waals surface area (Å²) >= 11 is 3.56. The van der Waals surface area contributed by atoms with Crippen molar-refractivity contribution < 1.29 is 19.1 Å². The summed E-state index contributed by atoms with van der Waals surface area (Å²) in [6, 6.07) is 12.4. The number of fused-ring (bicyclic) bond motifs is 1. The van der Waals surface area contributed by atoms with Crippen LogP contribution in [0, 0.1) is 6.92 Å². The van der Waals surface area contributed by atoms with E-state index in [1.807, 2.05) is 23.9 Å². The maximum atomic E-state index is 12.6. The first-order valence-corrected chi connectivity index (χ1v) is 16.0. The number of halogens is 1. The van der Waals surface area contributed by atoms with Crippen molar-refractivity contribution in [1.29, 1.82) is 0 Å². The molecule has 1 aromatic heterocycles. The number of nitrogens with zero attached hydrogens (tertiary/aromatic N) is 4. The van der Waals surface area contributed by atoms with E-state index in [0.29, 0.717) is 18.9 Å². The third kappa shape index (κ3) is 6.35. The number of nitrogens with one attached hydrogen (secondary N) is 1. The van der Waals surface area contributed by atoms with Gasteiger partial charge in [0.2, 0.25) is 11.8 Å². The summed E-state index contributed by atoms with van der Waals surface area (Å²) in [6.07, 6.45) is 5.59. The number of hydrogen-bond donors (Lipinski definition) is 1. The average Bonchev–Trinajstić information content (AvgIpc) is 3.32. The number of anilines is 1. The van der Waals surface area contributed by atoms with Gasteiger partial charge in [-0.15, -0.1) is 0 Å². The molecule has 0 bridgehead atoms. The normalized spacial score (nSPS) is 23.8. The first-order valence-electron chi connectivity index (χ1n) is 15.2. The molecule has 3 heterocycles. The molecule has 3 fully saturated rings. The van der Waals surface area contributed by atoms with Gasteiger partial charge in [-0.3, -0.25) is 24.5 Å². The molecule has 1 atom stereocenters. The Labute approximate surface area is 255 Å². The molecule has 2 saturated heterocycles. The topological polar surface area (TPSA) is 88.9 Å². The van der Waals surface area contributed by atoms with E-state index in [-0.39, 0.29) is 17.9 Å². The van der Waals surface area contributed by atoms with Gasteiger partial charge < -0.3 is 14.4 Å². The van der Waals surface area contributed by atoms with Gasteiger partial charge in [0.1, 0.15) is 5.75 Å². The Morgan fingerprint density at radius 1 is 1.00 bits per heavy atom. The fraction of sp³-hybridized carbons (Fsp3) is 0.531. The zero-order chi connectivity index (χ0) is 29.2. The number of hydrogen-bond acceptors (Lipinski definition) is 7. The summed E-state index contributed by atoms with van der Waals surface area (Å²) in [4.78, 5) is 29.1. The Hall–Kier alpha value is -2.95. The van der Waals surface area contributed by atoms with Gasteiger partial charge in [-0.1, -0.05) is 28.1 Å². The van der Waals surface area contributed by atoms with Gasteiger partial charge in [0.15, 0.2) is 0 Å². The van der Waals surface area contributed by atoms with Gasteiger partial charge in [-0.2, -0.15) is 5.10 Å². The molecule has 1 aliphatic carbocycles. The van der Waals surface area contributed by atoms with Crippen molar-refractivity contribution in [2.45, 2.75) is 63.6 Å². The lowest BCUT2D eigenvalue weighted by Gasteiger charge is -2.36. The molecule has 1 unspecified atom stereocenters. The molecule has 3 aliphatic rings. The van der Waals surface area contributed by atoms with Crippen LogP contribution >= 0.6 is 15.9 Å². The number of piperazine rings is 1. The number of carbonyl (C=O) groups excluding carboxylic acids is 2. The monoisotopic (exact) mass is 637 g/mol. The number of amides is 2. The number of carbonyl (C=O) groups is 2. The summed E-state index contributed by atoms with van der Waals surface area (Å²) in [7, 11) is 1.94. The van der Waals surface area contributed by atoms with E-state index in [2.05, 4.69) is 62.2 Å². The smallest absolute Gasteiger partial charge is 0.235 e. The lowest BCUT2D eigenvalue weighted by atomic mass is 9.92. The Balaban J connectivity index is 0.968. The molecule has 42 heavy (non-hydrogen) atoms. The van der Waals surface area contributed by atoms with Crippen LogP contribution in [-0.2, 0) is 21.4 Å². The number of imide groups is 1. The molecular formula is C32H40BrN5O4. The van der Waals surface area contributed by atoms with E-state index < -0.39 is 5.92 Å². The van der Waals surface area contributed by atoms with Crippen molar-refractivity contribution in [3.8, 4) is 5.75 Å². The minimum atomic E-state index is -0.392. The van der Waals surface area contributed by atoms with Gasteiger partial charge in [-0.05, 0) is 68.9 Å². The van der Waals surface area contributed by atoms with Crippen LogP contribution in [-0.4, -0.2) is 78.0 Å². The highest BCUT2D eigenvalue weighted by Gasteiger charge is 2.32. The quantitative estimate of drug-likeness (QED) is 0.358. The second kappa shape index (κ2) is 12.7. The summed E-state index contributed by atoms with van der Waals surface area (Å²) in [5.74, 6) is 0.111. The second-order valence-corrected chi connectivity index (χ2v) is 12.7. The number of para-hydroxylation sites is 1. The van der Waals surface area contributed by atoms with Gasteiger partial charge in [0.05, 0.1) is 41.6 Å². The van der Waals surface area contributed by atoms with Gasteiger partial charge in [-0.25, -0.2) is 0 Å². The first-order chi connectivity index (χ1) is 20.4. The van der Waals surface area contributed by atoms with Crippen molar-refractivity contribution in [2.75, 3.05) is 44.2 Å². The molecule has 0 radical (unpaired) electrons. The second-order valence-electron chi connectivity index (χ2n) is 11.8. The summed E-state index contributed by atoms with van der Waals surface area (Å²) in [5, 5.41) is 8.23.